The third-order valence-electron chi connectivity index (χ3n) is 4.21. The van der Waals surface area contributed by atoms with E-state index in [4.69, 9.17) is 21.1 Å². The quantitative estimate of drug-likeness (QED) is 0.538. The van der Waals surface area contributed by atoms with Gasteiger partial charge in [-0.1, -0.05) is 35.9 Å². The molecule has 3 rings (SSSR count). The maximum atomic E-state index is 12.5. The number of methoxy groups -OCH3 is 1. The number of ether oxygens (including phenoxy) is 2. The van der Waals surface area contributed by atoms with Crippen LogP contribution < -0.4 is 9.47 Å². The number of allylic oxidation sites excluding steroid dienone is 1. The fraction of sp³-hybridized carbons (Fsp3) is 0.130. The van der Waals surface area contributed by atoms with Gasteiger partial charge in [-0.2, -0.15) is 0 Å². The molecule has 0 aliphatic rings. The number of ketones is 1. The number of nitrogens with zero attached hydrogens (tertiary/aromatic N) is 1. The molecule has 0 fully saturated rings. The van der Waals surface area contributed by atoms with Gasteiger partial charge >= 0.3 is 0 Å². The highest BCUT2D eigenvalue weighted by atomic mass is 35.5. The van der Waals surface area contributed by atoms with Crippen molar-refractivity contribution in [2.24, 2.45) is 0 Å². The number of pyridine rings is 1. The van der Waals surface area contributed by atoms with E-state index in [0.717, 1.165) is 5.56 Å². The molecule has 1 aromatic heterocycles. The summed E-state index contributed by atoms with van der Waals surface area (Å²) in [6.07, 6.45) is 6.64. The van der Waals surface area contributed by atoms with Crippen LogP contribution in [0.15, 0.2) is 67.0 Å². The molecule has 1 heterocycles. The molecule has 148 valence electrons. The smallest absolute Gasteiger partial charge is 0.160 e. The molecule has 3 aromatic rings. The van der Waals surface area contributed by atoms with Gasteiger partial charge in [0.2, 0.25) is 0 Å². The zero-order valence-electron chi connectivity index (χ0n) is 15.8. The number of phenolic OH excluding ortho intramolecular Hbond substituents is 1. The Hall–Kier alpha value is -3.31. The Morgan fingerprint density at radius 3 is 2.69 bits per heavy atom. The molecule has 0 aliphatic carbocycles. The molecule has 0 saturated carbocycles. The van der Waals surface area contributed by atoms with Crippen molar-refractivity contribution in [2.45, 2.75) is 13.0 Å². The zero-order valence-corrected chi connectivity index (χ0v) is 16.6. The van der Waals surface area contributed by atoms with E-state index in [2.05, 4.69) is 4.98 Å². The molecular formula is C23H20ClNO4. The van der Waals surface area contributed by atoms with E-state index in [1.165, 1.54) is 19.3 Å². The number of para-hydroxylation sites is 1. The molecule has 2 aromatic carbocycles. The van der Waals surface area contributed by atoms with Crippen molar-refractivity contribution in [1.29, 1.82) is 0 Å². The molecule has 0 saturated heterocycles. The van der Waals surface area contributed by atoms with Crippen LogP contribution in [-0.2, 0) is 17.8 Å². The van der Waals surface area contributed by atoms with Gasteiger partial charge in [-0.3, -0.25) is 9.78 Å². The number of rotatable bonds is 8. The second-order valence-electron chi connectivity index (χ2n) is 6.28. The summed E-state index contributed by atoms with van der Waals surface area (Å²) in [5, 5.41) is 10.3. The minimum Gasteiger partial charge on any atom is -0.504 e. The van der Waals surface area contributed by atoms with E-state index in [1.807, 2.05) is 18.2 Å². The first kappa shape index (κ1) is 20.4. The van der Waals surface area contributed by atoms with Crippen molar-refractivity contribution in [3.8, 4) is 17.2 Å². The van der Waals surface area contributed by atoms with Crippen LogP contribution in [-0.4, -0.2) is 23.0 Å². The molecule has 0 atom stereocenters. The number of carbonyl (C=O) groups is 1. The lowest BCUT2D eigenvalue weighted by Gasteiger charge is -2.12. The number of benzene rings is 2. The van der Waals surface area contributed by atoms with Crippen molar-refractivity contribution in [3.63, 3.8) is 0 Å². The zero-order chi connectivity index (χ0) is 20.6. The number of carbonyl (C=O) groups excluding carboxylic acids is 1. The number of hydrogen-bond donors (Lipinski definition) is 1. The Balaban J connectivity index is 1.70. The minimum atomic E-state index is -0.115. The Morgan fingerprint density at radius 2 is 1.97 bits per heavy atom. The van der Waals surface area contributed by atoms with Crippen LogP contribution in [0.2, 0.25) is 5.02 Å². The van der Waals surface area contributed by atoms with Crippen LogP contribution in [0.25, 0.3) is 6.08 Å². The van der Waals surface area contributed by atoms with E-state index in [0.29, 0.717) is 34.3 Å². The molecule has 0 unspecified atom stereocenters. The van der Waals surface area contributed by atoms with Crippen molar-refractivity contribution < 1.29 is 19.4 Å². The first-order valence-corrected chi connectivity index (χ1v) is 9.31. The number of phenols is 1. The predicted octanol–water partition coefficient (Wildman–Crippen LogP) is 4.85. The highest BCUT2D eigenvalue weighted by Crippen LogP contribution is 2.30. The number of aromatic nitrogens is 1. The average Bonchev–Trinajstić information content (AvgIpc) is 2.73. The molecule has 29 heavy (non-hydrogen) atoms. The van der Waals surface area contributed by atoms with E-state index >= 15 is 0 Å². The number of halogens is 1. The molecule has 0 bridgehead atoms. The average molecular weight is 410 g/mol. The van der Waals surface area contributed by atoms with Gasteiger partial charge in [-0.05, 0) is 47.5 Å². The van der Waals surface area contributed by atoms with E-state index < -0.39 is 0 Å². The van der Waals surface area contributed by atoms with Crippen LogP contribution >= 0.6 is 11.6 Å². The molecule has 5 nitrogen and oxygen atoms in total. The van der Waals surface area contributed by atoms with Gasteiger partial charge in [-0.15, -0.1) is 0 Å². The van der Waals surface area contributed by atoms with Crippen molar-refractivity contribution in [1.82, 2.24) is 4.98 Å². The van der Waals surface area contributed by atoms with Crippen LogP contribution in [0.4, 0.5) is 0 Å². The SMILES string of the molecule is COc1ccc(/C=C/C(=O)Cc2cccc(Cl)c2OCc2ccncc2)cc1O. The Bertz CT molecular complexity index is 1020. The Kier molecular flexibility index (Phi) is 6.87. The second-order valence-corrected chi connectivity index (χ2v) is 6.69. The first-order chi connectivity index (χ1) is 14.1. The van der Waals surface area contributed by atoms with E-state index in [9.17, 15) is 9.90 Å². The lowest BCUT2D eigenvalue weighted by Crippen LogP contribution is -2.04. The summed E-state index contributed by atoms with van der Waals surface area (Å²) in [6, 6.07) is 14.0. The fourth-order valence-corrected chi connectivity index (χ4v) is 2.98. The fourth-order valence-electron chi connectivity index (χ4n) is 2.74. The maximum Gasteiger partial charge on any atom is 0.160 e. The van der Waals surface area contributed by atoms with Gasteiger partial charge in [-0.25, -0.2) is 0 Å². The standard InChI is InChI=1S/C23H20ClNO4/c1-28-22-8-6-16(13-21(22)27)5-7-19(26)14-18-3-2-4-20(24)23(18)29-15-17-9-11-25-12-10-17/h2-13,27H,14-15H2,1H3/b7-5+. The Labute approximate surface area is 174 Å². The third kappa shape index (κ3) is 5.59. The van der Waals surface area contributed by atoms with Crippen molar-refractivity contribution in [3.05, 3.63) is 88.7 Å². The van der Waals surface area contributed by atoms with Gasteiger partial charge in [0.25, 0.3) is 0 Å². The van der Waals surface area contributed by atoms with Crippen molar-refractivity contribution in [2.75, 3.05) is 7.11 Å². The predicted molar refractivity (Wildman–Crippen MR) is 112 cm³/mol. The summed E-state index contributed by atoms with van der Waals surface area (Å²) in [7, 11) is 1.48. The monoisotopic (exact) mass is 409 g/mol. The van der Waals surface area contributed by atoms with Gasteiger partial charge in [0, 0.05) is 24.4 Å². The van der Waals surface area contributed by atoms with Gasteiger partial charge < -0.3 is 14.6 Å². The second kappa shape index (κ2) is 9.75. The van der Waals surface area contributed by atoms with Crippen LogP contribution in [0.5, 0.6) is 17.2 Å². The third-order valence-corrected chi connectivity index (χ3v) is 4.51. The highest BCUT2D eigenvalue weighted by molar-refractivity contribution is 6.32. The largest absolute Gasteiger partial charge is 0.504 e. The molecular weight excluding hydrogens is 390 g/mol. The maximum absolute atomic E-state index is 12.5. The molecule has 0 spiro atoms. The van der Waals surface area contributed by atoms with Gasteiger partial charge in [0.1, 0.15) is 12.4 Å². The first-order valence-electron chi connectivity index (χ1n) is 8.94. The highest BCUT2D eigenvalue weighted by Gasteiger charge is 2.12. The lowest BCUT2D eigenvalue weighted by atomic mass is 10.1. The van der Waals surface area contributed by atoms with Crippen molar-refractivity contribution >= 4 is 23.5 Å². The Morgan fingerprint density at radius 1 is 1.17 bits per heavy atom. The summed E-state index contributed by atoms with van der Waals surface area (Å²) in [6.45, 7) is 0.328. The molecule has 6 heteroatoms. The number of aromatic hydroxyl groups is 1. The summed E-state index contributed by atoms with van der Waals surface area (Å²) in [5.74, 6) is 0.776. The van der Waals surface area contributed by atoms with Gasteiger partial charge in [0.15, 0.2) is 17.3 Å². The lowest BCUT2D eigenvalue weighted by molar-refractivity contribution is -0.114. The summed E-state index contributed by atoms with van der Waals surface area (Å²) in [4.78, 5) is 16.4. The minimum absolute atomic E-state index is 0.0174. The number of hydrogen-bond acceptors (Lipinski definition) is 5. The van der Waals surface area contributed by atoms with Crippen LogP contribution in [0.3, 0.4) is 0 Å². The van der Waals surface area contributed by atoms with Crippen LogP contribution in [0.1, 0.15) is 16.7 Å². The topological polar surface area (TPSA) is 68.7 Å². The normalized spacial score (nSPS) is 10.8. The van der Waals surface area contributed by atoms with E-state index in [-0.39, 0.29) is 18.0 Å². The van der Waals surface area contributed by atoms with Crippen LogP contribution in [0, 0.1) is 0 Å². The summed E-state index contributed by atoms with van der Waals surface area (Å²) in [5.41, 5.74) is 2.35. The molecule has 1 N–H and O–H groups in total. The van der Waals surface area contributed by atoms with E-state index in [1.54, 1.807) is 42.7 Å². The summed E-state index contributed by atoms with van der Waals surface area (Å²) < 4.78 is 10.9. The molecule has 0 radical (unpaired) electrons. The molecule has 0 aliphatic heterocycles. The van der Waals surface area contributed by atoms with Gasteiger partial charge in [0.05, 0.1) is 12.1 Å². The molecule has 0 amide bonds. The summed E-state index contributed by atoms with van der Waals surface area (Å²) >= 11 is 6.29.